The zero-order valence-corrected chi connectivity index (χ0v) is 9.23. The SMILES string of the molecule is CNc1nccc(N(C)C(C)CC#N)n1. The van der Waals surface area contributed by atoms with Gasteiger partial charge in [0.25, 0.3) is 0 Å². The van der Waals surface area contributed by atoms with Crippen LogP contribution >= 0.6 is 0 Å². The minimum absolute atomic E-state index is 0.148. The summed E-state index contributed by atoms with van der Waals surface area (Å²) < 4.78 is 0. The summed E-state index contributed by atoms with van der Waals surface area (Å²) in [5.41, 5.74) is 0. The molecule has 0 spiro atoms. The highest BCUT2D eigenvalue weighted by Crippen LogP contribution is 2.14. The lowest BCUT2D eigenvalue weighted by Crippen LogP contribution is -2.29. The number of hydrogen-bond acceptors (Lipinski definition) is 5. The second kappa shape index (κ2) is 5.15. The minimum Gasteiger partial charge on any atom is -0.357 e. The van der Waals surface area contributed by atoms with Gasteiger partial charge >= 0.3 is 0 Å². The highest BCUT2D eigenvalue weighted by Gasteiger charge is 2.10. The van der Waals surface area contributed by atoms with Gasteiger partial charge in [-0.05, 0) is 13.0 Å². The first-order valence-electron chi connectivity index (χ1n) is 4.79. The molecule has 0 aliphatic rings. The molecule has 0 bridgehead atoms. The highest BCUT2D eigenvalue weighted by molar-refractivity contribution is 5.42. The first-order valence-corrected chi connectivity index (χ1v) is 4.79. The van der Waals surface area contributed by atoms with Crippen LogP contribution in [0.15, 0.2) is 12.3 Å². The van der Waals surface area contributed by atoms with E-state index in [1.807, 2.05) is 24.9 Å². The minimum atomic E-state index is 0.148. The third-order valence-corrected chi connectivity index (χ3v) is 2.27. The molecule has 1 heterocycles. The van der Waals surface area contributed by atoms with Crippen molar-refractivity contribution >= 4 is 11.8 Å². The van der Waals surface area contributed by atoms with E-state index in [4.69, 9.17) is 5.26 Å². The molecule has 0 aliphatic heterocycles. The van der Waals surface area contributed by atoms with Crippen LogP contribution in [-0.4, -0.2) is 30.1 Å². The molecule has 15 heavy (non-hydrogen) atoms. The summed E-state index contributed by atoms with van der Waals surface area (Å²) in [4.78, 5) is 10.3. The summed E-state index contributed by atoms with van der Waals surface area (Å²) in [7, 11) is 3.70. The quantitative estimate of drug-likeness (QED) is 0.801. The van der Waals surface area contributed by atoms with Gasteiger partial charge in [0, 0.05) is 26.3 Å². The van der Waals surface area contributed by atoms with Crippen LogP contribution in [0.25, 0.3) is 0 Å². The molecule has 0 saturated heterocycles. The lowest BCUT2D eigenvalue weighted by molar-refractivity contribution is 0.693. The first-order chi connectivity index (χ1) is 7.19. The van der Waals surface area contributed by atoms with E-state index in [0.717, 1.165) is 5.82 Å². The second-order valence-electron chi connectivity index (χ2n) is 3.31. The molecule has 1 aromatic rings. The molecule has 0 radical (unpaired) electrons. The third kappa shape index (κ3) is 2.81. The first kappa shape index (κ1) is 11.2. The normalized spacial score (nSPS) is 11.6. The molecule has 1 unspecified atom stereocenters. The molecule has 0 amide bonds. The fraction of sp³-hybridized carbons (Fsp3) is 0.500. The van der Waals surface area contributed by atoms with Gasteiger partial charge in [-0.25, -0.2) is 4.98 Å². The van der Waals surface area contributed by atoms with Crippen molar-refractivity contribution in [3.63, 3.8) is 0 Å². The van der Waals surface area contributed by atoms with Gasteiger partial charge in [-0.1, -0.05) is 0 Å². The highest BCUT2D eigenvalue weighted by atomic mass is 15.2. The van der Waals surface area contributed by atoms with E-state index in [2.05, 4.69) is 21.4 Å². The van der Waals surface area contributed by atoms with Crippen molar-refractivity contribution in [1.29, 1.82) is 5.26 Å². The number of nitrogens with one attached hydrogen (secondary N) is 1. The van der Waals surface area contributed by atoms with Crippen LogP contribution in [0.2, 0.25) is 0 Å². The van der Waals surface area contributed by atoms with Crippen molar-refractivity contribution in [2.45, 2.75) is 19.4 Å². The number of nitriles is 1. The summed E-state index contributed by atoms with van der Waals surface area (Å²) in [5.74, 6) is 1.40. The Balaban J connectivity index is 2.81. The van der Waals surface area contributed by atoms with E-state index in [-0.39, 0.29) is 6.04 Å². The van der Waals surface area contributed by atoms with Gasteiger partial charge in [-0.2, -0.15) is 10.2 Å². The molecule has 0 fully saturated rings. The molecule has 1 rings (SSSR count). The molecule has 0 saturated carbocycles. The van der Waals surface area contributed by atoms with Gasteiger partial charge in [-0.3, -0.25) is 0 Å². The van der Waals surface area contributed by atoms with Crippen LogP contribution in [0, 0.1) is 11.3 Å². The molecule has 1 N–H and O–H groups in total. The third-order valence-electron chi connectivity index (χ3n) is 2.27. The summed E-state index contributed by atoms with van der Waals surface area (Å²) in [5, 5.41) is 11.5. The van der Waals surface area contributed by atoms with Crippen LogP contribution in [0.4, 0.5) is 11.8 Å². The predicted octanol–water partition coefficient (Wildman–Crippen LogP) is 1.26. The Kier molecular flexibility index (Phi) is 3.86. The van der Waals surface area contributed by atoms with E-state index in [0.29, 0.717) is 12.4 Å². The molecule has 5 nitrogen and oxygen atoms in total. The van der Waals surface area contributed by atoms with Crippen molar-refractivity contribution in [3.05, 3.63) is 12.3 Å². The number of nitrogens with zero attached hydrogens (tertiary/aromatic N) is 4. The summed E-state index contributed by atoms with van der Waals surface area (Å²) >= 11 is 0. The van der Waals surface area contributed by atoms with Crippen LogP contribution in [0.5, 0.6) is 0 Å². The number of hydrogen-bond donors (Lipinski definition) is 1. The smallest absolute Gasteiger partial charge is 0.224 e. The van der Waals surface area contributed by atoms with Gasteiger partial charge < -0.3 is 10.2 Å². The van der Waals surface area contributed by atoms with Gasteiger partial charge in [0.05, 0.1) is 12.5 Å². The number of aromatic nitrogens is 2. The molecule has 1 aromatic heterocycles. The largest absolute Gasteiger partial charge is 0.357 e. The molecule has 0 aromatic carbocycles. The summed E-state index contributed by atoms with van der Waals surface area (Å²) in [6, 6.07) is 4.12. The van der Waals surface area contributed by atoms with Gasteiger partial charge in [-0.15, -0.1) is 0 Å². The summed E-state index contributed by atoms with van der Waals surface area (Å²) in [6.07, 6.45) is 2.18. The molecular formula is C10H15N5. The molecular weight excluding hydrogens is 190 g/mol. The topological polar surface area (TPSA) is 64.8 Å². The van der Waals surface area contributed by atoms with E-state index < -0.39 is 0 Å². The zero-order valence-electron chi connectivity index (χ0n) is 9.23. The number of anilines is 2. The van der Waals surface area contributed by atoms with Gasteiger partial charge in [0.2, 0.25) is 5.95 Å². The maximum Gasteiger partial charge on any atom is 0.224 e. The van der Waals surface area contributed by atoms with Crippen molar-refractivity contribution in [2.75, 3.05) is 24.3 Å². The Morgan fingerprint density at radius 3 is 3.00 bits per heavy atom. The summed E-state index contributed by atoms with van der Waals surface area (Å²) in [6.45, 7) is 1.99. The van der Waals surface area contributed by atoms with E-state index >= 15 is 0 Å². The maximum absolute atomic E-state index is 8.61. The standard InChI is InChI=1S/C10H15N5/c1-8(4-6-11)15(3)9-5-7-13-10(12-2)14-9/h5,7-8H,4H2,1-3H3,(H,12,13,14). The lowest BCUT2D eigenvalue weighted by atomic mass is 10.2. The number of rotatable bonds is 4. The van der Waals surface area contributed by atoms with Crippen molar-refractivity contribution in [1.82, 2.24) is 9.97 Å². The Hall–Kier alpha value is -1.83. The molecule has 80 valence electrons. The average molecular weight is 205 g/mol. The fourth-order valence-corrected chi connectivity index (χ4v) is 1.16. The van der Waals surface area contributed by atoms with Crippen LogP contribution in [0.3, 0.4) is 0 Å². The average Bonchev–Trinajstić information content (AvgIpc) is 2.28. The Morgan fingerprint density at radius 1 is 1.67 bits per heavy atom. The molecule has 5 heteroatoms. The fourth-order valence-electron chi connectivity index (χ4n) is 1.16. The lowest BCUT2D eigenvalue weighted by Gasteiger charge is -2.23. The Labute approximate surface area is 89.8 Å². The van der Waals surface area contributed by atoms with Crippen molar-refractivity contribution in [2.24, 2.45) is 0 Å². The predicted molar refractivity (Wildman–Crippen MR) is 59.7 cm³/mol. The van der Waals surface area contributed by atoms with Gasteiger partial charge in [0.15, 0.2) is 0 Å². The van der Waals surface area contributed by atoms with E-state index in [9.17, 15) is 0 Å². The van der Waals surface area contributed by atoms with Crippen LogP contribution < -0.4 is 10.2 Å². The van der Waals surface area contributed by atoms with Crippen molar-refractivity contribution < 1.29 is 0 Å². The maximum atomic E-state index is 8.61. The monoisotopic (exact) mass is 205 g/mol. The van der Waals surface area contributed by atoms with Crippen LogP contribution in [-0.2, 0) is 0 Å². The van der Waals surface area contributed by atoms with Gasteiger partial charge in [0.1, 0.15) is 5.82 Å². The Morgan fingerprint density at radius 2 is 2.40 bits per heavy atom. The van der Waals surface area contributed by atoms with E-state index in [1.54, 1.807) is 13.2 Å². The Bertz CT molecular complexity index is 357. The van der Waals surface area contributed by atoms with Crippen molar-refractivity contribution in [3.8, 4) is 6.07 Å². The second-order valence-corrected chi connectivity index (χ2v) is 3.31. The molecule has 0 aliphatic carbocycles. The van der Waals surface area contributed by atoms with Crippen LogP contribution in [0.1, 0.15) is 13.3 Å². The zero-order chi connectivity index (χ0) is 11.3. The van der Waals surface area contributed by atoms with E-state index in [1.165, 1.54) is 0 Å². The molecule has 1 atom stereocenters.